The number of carbonyl (C=O) groups is 1. The standard InChI is InChI=1S/C12H16ClN3O/c1-15-7-3-4-10(15)12(17)16(2)9-5-6-11(13)14-8-9/h5-6,8,10H,3-4,7H2,1-2H3/t10-/m0/s1. The van der Waals surface area contributed by atoms with Crippen LogP contribution in [0.1, 0.15) is 12.8 Å². The first kappa shape index (κ1) is 12.3. The number of nitrogens with zero attached hydrogens (tertiary/aromatic N) is 3. The van der Waals surface area contributed by atoms with Crippen LogP contribution in [0.4, 0.5) is 5.69 Å². The molecule has 0 bridgehead atoms. The normalized spacial score (nSPS) is 20.5. The number of halogens is 1. The number of rotatable bonds is 2. The first-order valence-corrected chi connectivity index (χ1v) is 6.07. The van der Waals surface area contributed by atoms with Crippen LogP contribution in [0.5, 0.6) is 0 Å². The summed E-state index contributed by atoms with van der Waals surface area (Å²) < 4.78 is 0. The Balaban J connectivity index is 2.11. The van der Waals surface area contributed by atoms with Gasteiger partial charge < -0.3 is 4.90 Å². The Bertz CT molecular complexity index is 407. The maximum atomic E-state index is 12.3. The van der Waals surface area contributed by atoms with E-state index in [9.17, 15) is 4.79 Å². The van der Waals surface area contributed by atoms with E-state index in [-0.39, 0.29) is 11.9 Å². The van der Waals surface area contributed by atoms with E-state index in [1.165, 1.54) is 0 Å². The van der Waals surface area contributed by atoms with Gasteiger partial charge in [0.1, 0.15) is 5.15 Å². The Morgan fingerprint density at radius 3 is 2.88 bits per heavy atom. The molecule has 17 heavy (non-hydrogen) atoms. The van der Waals surface area contributed by atoms with E-state index in [1.54, 1.807) is 24.2 Å². The molecule has 1 aromatic rings. The molecule has 0 radical (unpaired) electrons. The van der Waals surface area contributed by atoms with Crippen molar-refractivity contribution in [3.8, 4) is 0 Å². The summed E-state index contributed by atoms with van der Waals surface area (Å²) in [4.78, 5) is 20.0. The second-order valence-corrected chi connectivity index (χ2v) is 4.76. The summed E-state index contributed by atoms with van der Waals surface area (Å²) in [5, 5.41) is 0.438. The Kier molecular flexibility index (Phi) is 3.64. The summed E-state index contributed by atoms with van der Waals surface area (Å²) in [6.45, 7) is 0.989. The van der Waals surface area contributed by atoms with Gasteiger partial charge in [0, 0.05) is 7.05 Å². The molecule has 1 fully saturated rings. The van der Waals surface area contributed by atoms with Gasteiger partial charge in [-0.3, -0.25) is 9.69 Å². The summed E-state index contributed by atoms with van der Waals surface area (Å²) in [6, 6.07) is 3.50. The van der Waals surface area contributed by atoms with Gasteiger partial charge in [0.25, 0.3) is 0 Å². The molecule has 92 valence electrons. The molecule has 1 aliphatic heterocycles. The van der Waals surface area contributed by atoms with Gasteiger partial charge in [-0.1, -0.05) is 11.6 Å². The molecule has 1 amide bonds. The largest absolute Gasteiger partial charge is 0.313 e. The van der Waals surface area contributed by atoms with E-state index in [4.69, 9.17) is 11.6 Å². The van der Waals surface area contributed by atoms with Gasteiger partial charge >= 0.3 is 0 Å². The smallest absolute Gasteiger partial charge is 0.244 e. The van der Waals surface area contributed by atoms with Crippen molar-refractivity contribution in [1.29, 1.82) is 0 Å². The molecule has 0 saturated carbocycles. The summed E-state index contributed by atoms with van der Waals surface area (Å²) >= 11 is 5.72. The van der Waals surface area contributed by atoms with E-state index < -0.39 is 0 Å². The highest BCUT2D eigenvalue weighted by Crippen LogP contribution is 2.20. The molecule has 1 atom stereocenters. The van der Waals surface area contributed by atoms with Crippen LogP contribution in [0.2, 0.25) is 5.15 Å². The van der Waals surface area contributed by atoms with E-state index in [0.717, 1.165) is 25.1 Å². The molecule has 0 N–H and O–H groups in total. The fourth-order valence-corrected chi connectivity index (χ4v) is 2.25. The maximum absolute atomic E-state index is 12.3. The van der Waals surface area contributed by atoms with Crippen LogP contribution in [0.25, 0.3) is 0 Å². The van der Waals surface area contributed by atoms with E-state index in [2.05, 4.69) is 9.88 Å². The quantitative estimate of drug-likeness (QED) is 0.754. The molecular formula is C12H16ClN3O. The summed E-state index contributed by atoms with van der Waals surface area (Å²) in [5.41, 5.74) is 0.778. The fraction of sp³-hybridized carbons (Fsp3) is 0.500. The van der Waals surface area contributed by atoms with Crippen LogP contribution in [0, 0.1) is 0 Å². The summed E-state index contributed by atoms with van der Waals surface area (Å²) in [6.07, 6.45) is 3.63. The minimum Gasteiger partial charge on any atom is -0.313 e. The Morgan fingerprint density at radius 2 is 2.35 bits per heavy atom. The highest BCUT2D eigenvalue weighted by molar-refractivity contribution is 6.29. The van der Waals surface area contributed by atoms with Gasteiger partial charge in [-0.2, -0.15) is 0 Å². The number of hydrogen-bond donors (Lipinski definition) is 0. The van der Waals surface area contributed by atoms with Crippen molar-refractivity contribution in [3.63, 3.8) is 0 Å². The lowest BCUT2D eigenvalue weighted by molar-refractivity contribution is -0.122. The first-order valence-electron chi connectivity index (χ1n) is 5.69. The van der Waals surface area contributed by atoms with Crippen LogP contribution in [-0.2, 0) is 4.79 Å². The number of carbonyl (C=O) groups excluding carboxylic acids is 1. The monoisotopic (exact) mass is 253 g/mol. The Hall–Kier alpha value is -1.13. The Labute approximate surface area is 106 Å². The predicted octanol–water partition coefficient (Wildman–Crippen LogP) is 1.79. The lowest BCUT2D eigenvalue weighted by Crippen LogP contribution is -2.42. The predicted molar refractivity (Wildman–Crippen MR) is 68.3 cm³/mol. The number of pyridine rings is 1. The first-order chi connectivity index (χ1) is 8.09. The molecule has 1 saturated heterocycles. The van der Waals surface area contributed by atoms with Crippen molar-refractivity contribution in [2.24, 2.45) is 0 Å². The molecule has 4 nitrogen and oxygen atoms in total. The molecule has 0 aliphatic carbocycles. The molecule has 0 unspecified atom stereocenters. The van der Waals surface area contributed by atoms with Gasteiger partial charge in [-0.15, -0.1) is 0 Å². The molecule has 5 heteroatoms. The highest BCUT2D eigenvalue weighted by Gasteiger charge is 2.30. The van der Waals surface area contributed by atoms with Gasteiger partial charge in [0.2, 0.25) is 5.91 Å². The van der Waals surface area contributed by atoms with Gasteiger partial charge in [0.15, 0.2) is 0 Å². The zero-order valence-electron chi connectivity index (χ0n) is 10.1. The molecule has 0 aromatic carbocycles. The van der Waals surface area contributed by atoms with E-state index >= 15 is 0 Å². The molecule has 0 spiro atoms. The van der Waals surface area contributed by atoms with Crippen molar-refractivity contribution in [2.45, 2.75) is 18.9 Å². The van der Waals surface area contributed by atoms with Crippen LogP contribution in [0.15, 0.2) is 18.3 Å². The molecule has 2 heterocycles. The van der Waals surface area contributed by atoms with Crippen LogP contribution < -0.4 is 4.90 Å². The van der Waals surface area contributed by atoms with Gasteiger partial charge in [-0.05, 0) is 38.6 Å². The zero-order chi connectivity index (χ0) is 12.4. The number of likely N-dealkylation sites (N-methyl/N-ethyl adjacent to an activating group) is 2. The lowest BCUT2D eigenvalue weighted by atomic mass is 10.2. The van der Waals surface area contributed by atoms with Gasteiger partial charge in [0.05, 0.1) is 17.9 Å². The SMILES string of the molecule is CN(C(=O)[C@@H]1CCCN1C)c1ccc(Cl)nc1. The second-order valence-electron chi connectivity index (χ2n) is 4.38. The third kappa shape index (κ3) is 2.58. The number of hydrogen-bond acceptors (Lipinski definition) is 3. The van der Waals surface area contributed by atoms with Crippen molar-refractivity contribution in [3.05, 3.63) is 23.5 Å². The maximum Gasteiger partial charge on any atom is 0.244 e. The van der Waals surface area contributed by atoms with Crippen LogP contribution >= 0.6 is 11.6 Å². The number of anilines is 1. The van der Waals surface area contributed by atoms with Crippen LogP contribution in [0.3, 0.4) is 0 Å². The minimum absolute atomic E-state index is 0.00400. The fourth-order valence-electron chi connectivity index (χ4n) is 2.14. The number of amides is 1. The van der Waals surface area contributed by atoms with Crippen molar-refractivity contribution in [2.75, 3.05) is 25.5 Å². The van der Waals surface area contributed by atoms with Gasteiger partial charge in [-0.25, -0.2) is 4.98 Å². The summed E-state index contributed by atoms with van der Waals surface area (Å²) in [7, 11) is 3.77. The average Bonchev–Trinajstić information content (AvgIpc) is 2.74. The molecule has 2 rings (SSSR count). The van der Waals surface area contributed by atoms with Crippen molar-refractivity contribution >= 4 is 23.2 Å². The molecule has 1 aliphatic rings. The van der Waals surface area contributed by atoms with Crippen LogP contribution in [-0.4, -0.2) is 42.5 Å². The zero-order valence-corrected chi connectivity index (χ0v) is 10.8. The number of likely N-dealkylation sites (tertiary alicyclic amines) is 1. The minimum atomic E-state index is -0.00400. The average molecular weight is 254 g/mol. The van der Waals surface area contributed by atoms with E-state index in [1.807, 2.05) is 13.1 Å². The highest BCUT2D eigenvalue weighted by atomic mass is 35.5. The van der Waals surface area contributed by atoms with Crippen molar-refractivity contribution in [1.82, 2.24) is 9.88 Å². The third-order valence-electron chi connectivity index (χ3n) is 3.24. The Morgan fingerprint density at radius 1 is 1.59 bits per heavy atom. The van der Waals surface area contributed by atoms with E-state index in [0.29, 0.717) is 5.15 Å². The third-order valence-corrected chi connectivity index (χ3v) is 3.46. The molecular weight excluding hydrogens is 238 g/mol. The molecule has 1 aromatic heterocycles. The van der Waals surface area contributed by atoms with Crippen molar-refractivity contribution < 1.29 is 4.79 Å². The topological polar surface area (TPSA) is 36.4 Å². The lowest BCUT2D eigenvalue weighted by Gasteiger charge is -2.25. The summed E-state index contributed by atoms with van der Waals surface area (Å²) in [5.74, 6) is 0.120. The second kappa shape index (κ2) is 5.02. The number of aromatic nitrogens is 1.